The number of thioether (sulfide) groups is 2. The van der Waals surface area contributed by atoms with Gasteiger partial charge in [-0.05, 0) is 39.1 Å². The SMILES string of the molecule is CCCO/N=C(\C(=O)N[C@@H]1C(=O)N2C(C(=O)O)=C(CSc3nnnn3N)CS[C@@H]12)c1csc(NC(c2ccccc2)(c2ccccc2)c2ccccc2)n1. The van der Waals surface area contributed by atoms with Gasteiger partial charge in [0.25, 0.3) is 11.8 Å². The molecule has 0 saturated carbocycles. The first-order valence-electron chi connectivity index (χ1n) is 16.8. The number of tetrazole rings is 1. The molecule has 54 heavy (non-hydrogen) atoms. The Kier molecular flexibility index (Phi) is 10.9. The number of carboxylic acids is 1. The minimum atomic E-state index is -1.25. The van der Waals surface area contributed by atoms with Gasteiger partial charge in [-0.1, -0.05) is 120 Å². The van der Waals surface area contributed by atoms with Crippen LogP contribution in [-0.2, 0) is 24.8 Å². The van der Waals surface area contributed by atoms with Crippen LogP contribution < -0.4 is 16.5 Å². The number of fused-ring (bicyclic) bond motifs is 1. The Bertz CT molecular complexity index is 2100. The number of amides is 2. The van der Waals surface area contributed by atoms with Gasteiger partial charge >= 0.3 is 5.97 Å². The number of aromatic nitrogens is 5. The number of hydrogen-bond acceptors (Lipinski definition) is 14. The van der Waals surface area contributed by atoms with Crippen LogP contribution in [0.15, 0.2) is 118 Å². The van der Waals surface area contributed by atoms with Crippen molar-refractivity contribution < 1.29 is 24.3 Å². The highest BCUT2D eigenvalue weighted by Gasteiger charge is 2.54. The Hall–Kier alpha value is -5.72. The zero-order valence-corrected chi connectivity index (χ0v) is 31.2. The summed E-state index contributed by atoms with van der Waals surface area (Å²) in [5.41, 5.74) is 2.57. The van der Waals surface area contributed by atoms with Crippen LogP contribution in [0.3, 0.4) is 0 Å². The molecule has 3 aromatic carbocycles. The second-order valence-corrected chi connectivity index (χ2v) is 15.0. The van der Waals surface area contributed by atoms with E-state index in [2.05, 4.69) is 67.7 Å². The Morgan fingerprint density at radius 2 is 1.67 bits per heavy atom. The third-order valence-corrected chi connectivity index (χ3v) is 11.8. The summed E-state index contributed by atoms with van der Waals surface area (Å²) >= 11 is 3.79. The fourth-order valence-corrected chi connectivity index (χ4v) is 9.25. The van der Waals surface area contributed by atoms with E-state index in [0.29, 0.717) is 28.0 Å². The molecule has 2 amide bonds. The van der Waals surface area contributed by atoms with Crippen molar-refractivity contribution in [3.8, 4) is 0 Å². The van der Waals surface area contributed by atoms with E-state index < -0.39 is 34.7 Å². The van der Waals surface area contributed by atoms with Gasteiger partial charge in [0, 0.05) is 16.9 Å². The maximum absolute atomic E-state index is 13.9. The van der Waals surface area contributed by atoms with Crippen LogP contribution in [0.1, 0.15) is 35.7 Å². The van der Waals surface area contributed by atoms with Crippen LogP contribution in [0.25, 0.3) is 0 Å². The molecule has 0 aliphatic carbocycles. The first-order valence-corrected chi connectivity index (χ1v) is 19.7. The van der Waals surface area contributed by atoms with Crippen molar-refractivity contribution in [2.45, 2.75) is 35.5 Å². The molecule has 15 nitrogen and oxygen atoms in total. The molecule has 18 heteroatoms. The number of carbonyl (C=O) groups excluding carboxylic acids is 2. The van der Waals surface area contributed by atoms with E-state index in [-0.39, 0.29) is 29.5 Å². The highest BCUT2D eigenvalue weighted by molar-refractivity contribution is 8.01. The van der Waals surface area contributed by atoms with Crippen molar-refractivity contribution in [1.82, 2.24) is 35.5 Å². The molecule has 5 aromatic rings. The fourth-order valence-electron chi connectivity index (χ4n) is 6.22. The van der Waals surface area contributed by atoms with Crippen LogP contribution >= 0.6 is 34.9 Å². The molecule has 1 saturated heterocycles. The van der Waals surface area contributed by atoms with E-state index in [1.807, 2.05) is 61.5 Å². The van der Waals surface area contributed by atoms with Gasteiger partial charge in [-0.25, -0.2) is 9.78 Å². The highest BCUT2D eigenvalue weighted by Crippen LogP contribution is 2.42. The van der Waals surface area contributed by atoms with E-state index in [1.165, 1.54) is 28.0 Å². The molecule has 2 aromatic heterocycles. The molecule has 1 fully saturated rings. The Labute approximate surface area is 322 Å². The van der Waals surface area contributed by atoms with E-state index in [9.17, 15) is 19.5 Å². The van der Waals surface area contributed by atoms with Gasteiger partial charge in [-0.15, -0.1) is 27.9 Å². The number of aliphatic carboxylic acids is 1. The molecule has 0 unspecified atom stereocenters. The standard InChI is InChI=1S/C36H34N10O5S3/c1-2-18-51-42-27(30(47)39-28-31(48)45-29(33(49)50)22(19-52-32(28)45)20-54-35-41-43-44-46(35)37)26-21-53-34(38-26)40-36(23-12-6-3-7-13-23,24-14-8-4-9-15-24)25-16-10-5-11-17-25/h3-17,21,28,32H,2,18-20,37H2,1H3,(H,38,40)(H,39,47)(H,49,50)/b42-27-/t28-,32+/m1/s1. The maximum Gasteiger partial charge on any atom is 0.352 e. The van der Waals surface area contributed by atoms with Gasteiger partial charge in [0.2, 0.25) is 5.16 Å². The van der Waals surface area contributed by atoms with Crippen molar-refractivity contribution >= 4 is 63.5 Å². The summed E-state index contributed by atoms with van der Waals surface area (Å²) in [5.74, 6) is 3.70. The average Bonchev–Trinajstić information content (AvgIpc) is 3.85. The van der Waals surface area contributed by atoms with Crippen molar-refractivity contribution in [3.05, 3.63) is 130 Å². The second-order valence-electron chi connectivity index (χ2n) is 12.1. The normalized spacial score (nSPS) is 17.1. The van der Waals surface area contributed by atoms with Crippen LogP contribution in [-0.4, -0.2) is 88.3 Å². The lowest BCUT2D eigenvalue weighted by Gasteiger charge is -2.49. The molecule has 276 valence electrons. The number of nitrogens with two attached hydrogens (primary N) is 1. The largest absolute Gasteiger partial charge is 0.477 e. The number of rotatable bonds is 15. The van der Waals surface area contributed by atoms with Crippen molar-refractivity contribution in [1.29, 1.82) is 0 Å². The summed E-state index contributed by atoms with van der Waals surface area (Å²) < 4.78 is 0. The number of benzene rings is 3. The molecule has 2 atom stereocenters. The predicted octanol–water partition coefficient (Wildman–Crippen LogP) is 3.91. The third-order valence-electron chi connectivity index (χ3n) is 8.70. The van der Waals surface area contributed by atoms with Crippen molar-refractivity contribution in [2.75, 3.05) is 29.3 Å². The Morgan fingerprint density at radius 1 is 1.04 bits per heavy atom. The Morgan fingerprint density at radius 3 is 2.22 bits per heavy atom. The van der Waals surface area contributed by atoms with Crippen molar-refractivity contribution in [3.63, 3.8) is 0 Å². The van der Waals surface area contributed by atoms with Gasteiger partial charge in [0.1, 0.15) is 35.0 Å². The number of nitrogens with one attached hydrogen (secondary N) is 2. The smallest absolute Gasteiger partial charge is 0.352 e. The summed E-state index contributed by atoms with van der Waals surface area (Å²) in [7, 11) is 0. The highest BCUT2D eigenvalue weighted by atomic mass is 32.2. The zero-order chi connectivity index (χ0) is 37.7. The van der Waals surface area contributed by atoms with E-state index in [4.69, 9.17) is 15.7 Å². The average molecular weight is 783 g/mol. The lowest BCUT2D eigenvalue weighted by Crippen LogP contribution is -2.71. The molecule has 0 radical (unpaired) electrons. The molecule has 7 rings (SSSR count). The predicted molar refractivity (Wildman–Crippen MR) is 206 cm³/mol. The van der Waals surface area contributed by atoms with Crippen LogP contribution in [0.5, 0.6) is 0 Å². The summed E-state index contributed by atoms with van der Waals surface area (Å²) in [6.07, 6.45) is 0.649. The number of nitrogens with zero attached hydrogens (tertiary/aromatic N) is 7. The number of oxime groups is 1. The number of thiazole rings is 1. The number of nitrogen functional groups attached to an aromatic ring is 1. The molecule has 2 aliphatic rings. The first-order chi connectivity index (χ1) is 26.3. The van der Waals surface area contributed by atoms with E-state index in [0.717, 1.165) is 33.2 Å². The molecule has 0 bridgehead atoms. The molecule has 2 aliphatic heterocycles. The van der Waals surface area contributed by atoms with Crippen LogP contribution in [0, 0.1) is 0 Å². The number of carbonyl (C=O) groups is 3. The van der Waals surface area contributed by atoms with Gasteiger partial charge in [-0.2, -0.15) is 0 Å². The van der Waals surface area contributed by atoms with Gasteiger partial charge in [-0.3, -0.25) is 14.5 Å². The number of hydrogen-bond donors (Lipinski definition) is 4. The quantitative estimate of drug-likeness (QED) is 0.0227. The lowest BCUT2D eigenvalue weighted by atomic mass is 9.77. The first kappa shape index (κ1) is 36.6. The molecular weight excluding hydrogens is 749 g/mol. The molecule has 5 N–H and O–H groups in total. The van der Waals surface area contributed by atoms with E-state index in [1.54, 1.807) is 5.38 Å². The Balaban J connectivity index is 1.15. The minimum absolute atomic E-state index is 0.116. The lowest BCUT2D eigenvalue weighted by molar-refractivity contribution is -0.150. The van der Waals surface area contributed by atoms with Gasteiger partial charge in [0.05, 0.1) is 0 Å². The van der Waals surface area contributed by atoms with Gasteiger partial charge in [0.15, 0.2) is 10.8 Å². The van der Waals surface area contributed by atoms with Crippen molar-refractivity contribution in [2.24, 2.45) is 5.16 Å². The summed E-state index contributed by atoms with van der Waals surface area (Å²) in [6, 6.07) is 29.1. The van der Waals surface area contributed by atoms with Crippen LogP contribution in [0.4, 0.5) is 5.13 Å². The monoisotopic (exact) mass is 782 g/mol. The van der Waals surface area contributed by atoms with E-state index >= 15 is 0 Å². The number of carboxylic acid groups (broad SMARTS) is 1. The molecular formula is C36H34N10O5S3. The fraction of sp³-hybridized carbons (Fsp3) is 0.222. The maximum atomic E-state index is 13.9. The molecule has 0 spiro atoms. The third kappa shape index (κ3) is 7.14. The van der Waals surface area contributed by atoms with Gasteiger partial charge < -0.3 is 26.4 Å². The number of anilines is 1. The van der Waals surface area contributed by atoms with Crippen LogP contribution in [0.2, 0.25) is 0 Å². The molecule has 4 heterocycles. The number of β-lactam (4-membered cyclic amide) rings is 1. The topological polar surface area (TPSA) is 203 Å². The summed E-state index contributed by atoms with van der Waals surface area (Å²) in [4.78, 5) is 52.4. The summed E-state index contributed by atoms with van der Waals surface area (Å²) in [6.45, 7) is 2.17. The minimum Gasteiger partial charge on any atom is -0.477 e. The summed E-state index contributed by atoms with van der Waals surface area (Å²) in [5, 5.41) is 33.5. The second kappa shape index (κ2) is 16.1. The zero-order valence-electron chi connectivity index (χ0n) is 28.7.